The summed E-state index contributed by atoms with van der Waals surface area (Å²) in [4.78, 5) is 33.5. The summed E-state index contributed by atoms with van der Waals surface area (Å²) in [5.41, 5.74) is 1.39. The van der Waals surface area contributed by atoms with E-state index in [0.717, 1.165) is 5.56 Å². The highest BCUT2D eigenvalue weighted by atomic mass is 32.1. The molecule has 0 bridgehead atoms. The van der Waals surface area contributed by atoms with Gasteiger partial charge in [0.05, 0.1) is 35.1 Å². The minimum absolute atomic E-state index is 0.225. The van der Waals surface area contributed by atoms with Crippen molar-refractivity contribution < 1.29 is 18.7 Å². The number of carbonyl (C=O) groups excluding carboxylic acids is 1. The Morgan fingerprint density at radius 1 is 1.18 bits per heavy atom. The van der Waals surface area contributed by atoms with E-state index in [1.54, 1.807) is 24.5 Å². The number of carbonyl (C=O) groups is 1. The summed E-state index contributed by atoms with van der Waals surface area (Å²) in [5, 5.41) is 0. The van der Waals surface area contributed by atoms with Crippen LogP contribution >= 0.6 is 11.3 Å². The highest BCUT2D eigenvalue weighted by Crippen LogP contribution is 2.31. The first-order valence-corrected chi connectivity index (χ1v) is 11.8. The van der Waals surface area contributed by atoms with E-state index in [9.17, 15) is 9.59 Å². The molecule has 0 saturated heterocycles. The minimum atomic E-state index is -0.665. The number of esters is 1. The van der Waals surface area contributed by atoms with Crippen molar-refractivity contribution in [2.75, 3.05) is 32.2 Å². The fourth-order valence-electron chi connectivity index (χ4n) is 3.81. The summed E-state index contributed by atoms with van der Waals surface area (Å²) < 4.78 is 18.7. The van der Waals surface area contributed by atoms with E-state index in [1.165, 1.54) is 11.3 Å². The zero-order valence-corrected chi connectivity index (χ0v) is 20.6. The zero-order valence-electron chi connectivity index (χ0n) is 19.8. The number of fused-ring (bicyclic) bond motifs is 1. The van der Waals surface area contributed by atoms with Crippen molar-refractivity contribution in [2.24, 2.45) is 4.99 Å². The number of thiazole rings is 1. The van der Waals surface area contributed by atoms with Crippen LogP contribution in [0.3, 0.4) is 0 Å². The monoisotopic (exact) mass is 481 g/mol. The molecule has 2 aromatic heterocycles. The second-order valence-electron chi connectivity index (χ2n) is 7.87. The maximum Gasteiger partial charge on any atom is 0.338 e. The number of nitrogens with zero attached hydrogens (tertiary/aromatic N) is 3. The molecule has 0 spiro atoms. The Morgan fingerprint density at radius 2 is 1.91 bits per heavy atom. The molecular weight excluding hydrogens is 454 g/mol. The van der Waals surface area contributed by atoms with Crippen molar-refractivity contribution in [1.82, 2.24) is 4.57 Å². The number of hydrogen-bond acceptors (Lipinski definition) is 8. The van der Waals surface area contributed by atoms with Crippen LogP contribution < -0.4 is 24.5 Å². The summed E-state index contributed by atoms with van der Waals surface area (Å²) in [5.74, 6) is 1.48. The second-order valence-corrected chi connectivity index (χ2v) is 8.88. The predicted molar refractivity (Wildman–Crippen MR) is 131 cm³/mol. The van der Waals surface area contributed by atoms with Crippen LogP contribution in [-0.2, 0) is 9.53 Å². The molecule has 8 nitrogen and oxygen atoms in total. The molecule has 9 heteroatoms. The molecule has 1 aliphatic heterocycles. The van der Waals surface area contributed by atoms with E-state index in [0.29, 0.717) is 44.6 Å². The van der Waals surface area contributed by atoms with Gasteiger partial charge in [0, 0.05) is 26.2 Å². The van der Waals surface area contributed by atoms with Crippen molar-refractivity contribution in [3.63, 3.8) is 0 Å². The normalized spacial score (nSPS) is 15.7. The maximum absolute atomic E-state index is 13.6. The summed E-state index contributed by atoms with van der Waals surface area (Å²) in [6.07, 6.45) is 1.70. The van der Waals surface area contributed by atoms with Crippen molar-refractivity contribution in [3.8, 4) is 5.75 Å². The molecule has 1 atom stereocenters. The SMILES string of the molecule is CCOC(=O)C1=C(C)N=c2sc(=Cc3ccc(N(C)C)o3)c(=O)n2C1c1ccc(OCC)cc1. The lowest BCUT2D eigenvalue weighted by Gasteiger charge is -2.24. The van der Waals surface area contributed by atoms with Crippen molar-refractivity contribution in [3.05, 3.63) is 78.7 Å². The summed E-state index contributed by atoms with van der Waals surface area (Å²) >= 11 is 1.26. The largest absolute Gasteiger partial charge is 0.494 e. The van der Waals surface area contributed by atoms with E-state index in [1.807, 2.05) is 62.3 Å². The lowest BCUT2D eigenvalue weighted by Crippen LogP contribution is -2.39. The summed E-state index contributed by atoms with van der Waals surface area (Å²) in [6.45, 7) is 6.20. The average Bonchev–Trinajstić information content (AvgIpc) is 3.39. The Labute approximate surface area is 201 Å². The first kappa shape index (κ1) is 23.6. The molecule has 0 N–H and O–H groups in total. The Kier molecular flexibility index (Phi) is 6.74. The molecule has 0 amide bonds. The number of ether oxygens (including phenoxy) is 2. The van der Waals surface area contributed by atoms with Gasteiger partial charge in [-0.1, -0.05) is 23.5 Å². The standard InChI is InChI=1S/C25H27N3O5S/c1-6-31-17-10-8-16(9-11-17)22-21(24(30)32-7-2)15(3)26-25-28(22)23(29)19(34-25)14-18-12-13-20(33-18)27(4)5/h8-14,22H,6-7H2,1-5H3. The molecule has 0 radical (unpaired) electrons. The van der Waals surface area contributed by atoms with E-state index >= 15 is 0 Å². The fraction of sp³-hybridized carbons (Fsp3) is 0.320. The Hall–Kier alpha value is -3.59. The number of rotatable bonds is 7. The third-order valence-corrected chi connectivity index (χ3v) is 6.33. The lowest BCUT2D eigenvalue weighted by molar-refractivity contribution is -0.139. The Bertz CT molecular complexity index is 1410. The molecule has 178 valence electrons. The number of aromatic nitrogens is 1. The third kappa shape index (κ3) is 4.43. The van der Waals surface area contributed by atoms with Crippen LogP contribution in [0.4, 0.5) is 5.88 Å². The molecule has 3 heterocycles. The molecular formula is C25H27N3O5S. The van der Waals surface area contributed by atoms with Crippen molar-refractivity contribution >= 4 is 29.3 Å². The third-order valence-electron chi connectivity index (χ3n) is 5.35. The first-order valence-electron chi connectivity index (χ1n) is 11.0. The van der Waals surface area contributed by atoms with Gasteiger partial charge in [-0.25, -0.2) is 9.79 Å². The minimum Gasteiger partial charge on any atom is -0.494 e. The lowest BCUT2D eigenvalue weighted by atomic mass is 9.96. The van der Waals surface area contributed by atoms with Gasteiger partial charge in [0.15, 0.2) is 10.7 Å². The Morgan fingerprint density at radius 3 is 2.53 bits per heavy atom. The summed E-state index contributed by atoms with van der Waals surface area (Å²) in [6, 6.07) is 10.4. The van der Waals surface area contributed by atoms with Crippen LogP contribution in [0.1, 0.15) is 38.1 Å². The van der Waals surface area contributed by atoms with Gasteiger partial charge in [-0.15, -0.1) is 0 Å². The highest BCUT2D eigenvalue weighted by Gasteiger charge is 2.33. The number of hydrogen-bond donors (Lipinski definition) is 0. The average molecular weight is 482 g/mol. The molecule has 0 aliphatic carbocycles. The predicted octanol–water partition coefficient (Wildman–Crippen LogP) is 2.86. The maximum atomic E-state index is 13.6. The molecule has 1 aliphatic rings. The molecule has 0 saturated carbocycles. The van der Waals surface area contributed by atoms with Crippen LogP contribution in [0, 0.1) is 0 Å². The van der Waals surface area contributed by atoms with Crippen LogP contribution in [0.2, 0.25) is 0 Å². The zero-order chi connectivity index (χ0) is 24.4. The van der Waals surface area contributed by atoms with Crippen LogP contribution in [0.15, 0.2) is 61.9 Å². The van der Waals surface area contributed by atoms with Crippen LogP contribution in [-0.4, -0.2) is 37.8 Å². The van der Waals surface area contributed by atoms with Gasteiger partial charge >= 0.3 is 5.97 Å². The van der Waals surface area contributed by atoms with Crippen LogP contribution in [0.5, 0.6) is 5.75 Å². The molecule has 3 aromatic rings. The van der Waals surface area contributed by atoms with E-state index in [4.69, 9.17) is 13.9 Å². The molecule has 0 fully saturated rings. The fourth-order valence-corrected chi connectivity index (χ4v) is 4.84. The topological polar surface area (TPSA) is 86.3 Å². The van der Waals surface area contributed by atoms with Gasteiger partial charge in [-0.05, 0) is 44.5 Å². The van der Waals surface area contributed by atoms with Gasteiger partial charge in [0.25, 0.3) is 5.56 Å². The molecule has 4 rings (SSSR count). The smallest absolute Gasteiger partial charge is 0.338 e. The van der Waals surface area contributed by atoms with Gasteiger partial charge < -0.3 is 18.8 Å². The van der Waals surface area contributed by atoms with Gasteiger partial charge in [0.2, 0.25) is 0 Å². The van der Waals surface area contributed by atoms with Crippen LogP contribution in [0.25, 0.3) is 6.08 Å². The first-order chi connectivity index (χ1) is 16.3. The highest BCUT2D eigenvalue weighted by molar-refractivity contribution is 7.07. The summed E-state index contributed by atoms with van der Waals surface area (Å²) in [7, 11) is 3.76. The number of anilines is 1. The number of allylic oxidation sites excluding steroid dienone is 1. The van der Waals surface area contributed by atoms with Gasteiger partial charge in [-0.2, -0.15) is 0 Å². The van der Waals surface area contributed by atoms with E-state index in [2.05, 4.69) is 4.99 Å². The van der Waals surface area contributed by atoms with E-state index < -0.39 is 12.0 Å². The van der Waals surface area contributed by atoms with Gasteiger partial charge in [-0.3, -0.25) is 9.36 Å². The number of benzene rings is 1. The van der Waals surface area contributed by atoms with Crippen molar-refractivity contribution in [1.29, 1.82) is 0 Å². The van der Waals surface area contributed by atoms with Crippen molar-refractivity contribution in [2.45, 2.75) is 26.8 Å². The second kappa shape index (κ2) is 9.72. The number of furan rings is 1. The quantitative estimate of drug-likeness (QED) is 0.483. The molecule has 1 unspecified atom stereocenters. The molecule has 34 heavy (non-hydrogen) atoms. The Balaban J connectivity index is 1.88. The molecule has 1 aromatic carbocycles. The van der Waals surface area contributed by atoms with Gasteiger partial charge in [0.1, 0.15) is 11.5 Å². The van der Waals surface area contributed by atoms with E-state index in [-0.39, 0.29) is 12.2 Å².